The summed E-state index contributed by atoms with van der Waals surface area (Å²) in [4.78, 5) is 20.7. The highest BCUT2D eigenvalue weighted by Gasteiger charge is 2.02. The third-order valence-electron chi connectivity index (χ3n) is 2.27. The maximum Gasteiger partial charge on any atom is 0.331 e. The third-order valence-corrected chi connectivity index (χ3v) is 2.27. The van der Waals surface area contributed by atoms with Crippen LogP contribution in [0.5, 0.6) is 0 Å². The molecule has 0 heterocycles. The van der Waals surface area contributed by atoms with Crippen LogP contribution in [0.2, 0.25) is 0 Å². The van der Waals surface area contributed by atoms with Gasteiger partial charge in [-0.2, -0.15) is 0 Å². The first kappa shape index (κ1) is 23.6. The van der Waals surface area contributed by atoms with Crippen LogP contribution in [0.15, 0.2) is 24.8 Å². The molecule has 0 aromatic rings. The van der Waals surface area contributed by atoms with Crippen LogP contribution in [0.3, 0.4) is 0 Å². The zero-order valence-electron chi connectivity index (χ0n) is 14.0. The van der Waals surface area contributed by atoms with E-state index < -0.39 is 11.9 Å². The van der Waals surface area contributed by atoms with Crippen molar-refractivity contribution in [2.24, 2.45) is 0 Å². The molecular formula is C16H28O7. The molecule has 0 atom stereocenters. The summed E-state index contributed by atoms with van der Waals surface area (Å²) in [6, 6.07) is 0. The van der Waals surface area contributed by atoms with Crippen molar-refractivity contribution in [3.05, 3.63) is 24.8 Å². The van der Waals surface area contributed by atoms with Crippen LogP contribution in [0.25, 0.3) is 0 Å². The molecule has 0 spiro atoms. The lowest BCUT2D eigenvalue weighted by Gasteiger charge is -2.03. The second kappa shape index (κ2) is 18.3. The molecule has 0 bridgehead atoms. The Hall–Kier alpha value is -1.70. The first-order chi connectivity index (χ1) is 11.0. The van der Waals surface area contributed by atoms with Gasteiger partial charge in [0.15, 0.2) is 0 Å². The Morgan fingerprint density at radius 3 is 1.96 bits per heavy atom. The monoisotopic (exact) mass is 332 g/mol. The van der Waals surface area contributed by atoms with Gasteiger partial charge in [0.25, 0.3) is 0 Å². The zero-order valence-corrected chi connectivity index (χ0v) is 14.0. The predicted molar refractivity (Wildman–Crippen MR) is 86.4 cm³/mol. The highest BCUT2D eigenvalue weighted by molar-refractivity contribution is 5.85. The van der Waals surface area contributed by atoms with Crippen molar-refractivity contribution in [1.82, 2.24) is 0 Å². The van der Waals surface area contributed by atoms with Crippen molar-refractivity contribution in [3.8, 4) is 0 Å². The molecule has 0 rings (SSSR count). The maximum atomic E-state index is 10.4. The SMILES string of the molecule is C=C(CCOCCOCC)C(=O)O.C=CC(=O)OCCOCC. The second-order valence-electron chi connectivity index (χ2n) is 4.04. The summed E-state index contributed by atoms with van der Waals surface area (Å²) in [7, 11) is 0. The Morgan fingerprint density at radius 1 is 0.957 bits per heavy atom. The van der Waals surface area contributed by atoms with Crippen molar-refractivity contribution in [2.45, 2.75) is 20.3 Å². The molecule has 1 N–H and O–H groups in total. The van der Waals surface area contributed by atoms with E-state index in [1.807, 2.05) is 13.8 Å². The van der Waals surface area contributed by atoms with Crippen LogP contribution in [-0.4, -0.2) is 63.3 Å². The Morgan fingerprint density at radius 2 is 1.48 bits per heavy atom. The molecule has 0 aromatic carbocycles. The number of rotatable bonds is 13. The number of carbonyl (C=O) groups is 2. The summed E-state index contributed by atoms with van der Waals surface area (Å²) in [5.41, 5.74) is 0.177. The summed E-state index contributed by atoms with van der Waals surface area (Å²) in [5, 5.41) is 8.44. The van der Waals surface area contributed by atoms with E-state index in [1.165, 1.54) is 0 Å². The smallest absolute Gasteiger partial charge is 0.331 e. The minimum atomic E-state index is -0.964. The number of hydrogen-bond acceptors (Lipinski definition) is 6. The lowest BCUT2D eigenvalue weighted by atomic mass is 10.2. The van der Waals surface area contributed by atoms with Gasteiger partial charge in [-0.3, -0.25) is 0 Å². The number of carboxylic acid groups (broad SMARTS) is 1. The predicted octanol–water partition coefficient (Wildman–Crippen LogP) is 1.82. The van der Waals surface area contributed by atoms with Crippen LogP contribution in [-0.2, 0) is 28.5 Å². The molecule has 0 unspecified atom stereocenters. The average molecular weight is 332 g/mol. The van der Waals surface area contributed by atoms with Crippen molar-refractivity contribution in [2.75, 3.05) is 46.2 Å². The number of carbonyl (C=O) groups excluding carboxylic acids is 1. The summed E-state index contributed by atoms with van der Waals surface area (Å²) in [6.07, 6.45) is 1.49. The highest BCUT2D eigenvalue weighted by atomic mass is 16.6. The number of hydrogen-bond donors (Lipinski definition) is 1. The van der Waals surface area contributed by atoms with Crippen LogP contribution in [0.1, 0.15) is 20.3 Å². The first-order valence-corrected chi connectivity index (χ1v) is 7.42. The van der Waals surface area contributed by atoms with Gasteiger partial charge in [-0.25, -0.2) is 9.59 Å². The van der Waals surface area contributed by atoms with Gasteiger partial charge in [0.05, 0.1) is 26.4 Å². The molecule has 0 aliphatic carbocycles. The normalized spacial score (nSPS) is 9.48. The molecular weight excluding hydrogens is 304 g/mol. The average Bonchev–Trinajstić information content (AvgIpc) is 2.54. The fourth-order valence-electron chi connectivity index (χ4n) is 1.07. The number of esters is 1. The summed E-state index contributed by atoms with van der Waals surface area (Å²) >= 11 is 0. The Bertz CT molecular complexity index is 339. The van der Waals surface area contributed by atoms with Gasteiger partial charge in [0.1, 0.15) is 6.61 Å². The summed E-state index contributed by atoms with van der Waals surface area (Å²) in [6.45, 7) is 13.9. The topological polar surface area (TPSA) is 91.3 Å². The minimum absolute atomic E-state index is 0.177. The molecule has 7 nitrogen and oxygen atoms in total. The van der Waals surface area contributed by atoms with E-state index in [2.05, 4.69) is 17.9 Å². The number of carboxylic acids is 1. The molecule has 0 saturated carbocycles. The Labute approximate surface area is 137 Å². The Kier molecular flexibility index (Phi) is 18.8. The Balaban J connectivity index is 0. The second-order valence-corrected chi connectivity index (χ2v) is 4.04. The van der Waals surface area contributed by atoms with Gasteiger partial charge >= 0.3 is 11.9 Å². The molecule has 7 heteroatoms. The van der Waals surface area contributed by atoms with E-state index in [-0.39, 0.29) is 5.57 Å². The fraction of sp³-hybridized carbons (Fsp3) is 0.625. The molecule has 0 aliphatic rings. The van der Waals surface area contributed by atoms with E-state index in [9.17, 15) is 9.59 Å². The zero-order chi connectivity index (χ0) is 17.9. The molecule has 0 saturated heterocycles. The van der Waals surface area contributed by atoms with Gasteiger partial charge in [-0.15, -0.1) is 0 Å². The molecule has 0 aromatic heterocycles. The van der Waals surface area contributed by atoms with E-state index >= 15 is 0 Å². The minimum Gasteiger partial charge on any atom is -0.478 e. The summed E-state index contributed by atoms with van der Waals surface area (Å²) < 4.78 is 19.7. The quantitative estimate of drug-likeness (QED) is 0.312. The molecule has 0 amide bonds. The molecule has 23 heavy (non-hydrogen) atoms. The molecule has 0 radical (unpaired) electrons. The maximum absolute atomic E-state index is 10.4. The largest absolute Gasteiger partial charge is 0.478 e. The van der Waals surface area contributed by atoms with E-state index in [4.69, 9.17) is 19.3 Å². The van der Waals surface area contributed by atoms with Crippen molar-refractivity contribution < 1.29 is 33.6 Å². The van der Waals surface area contributed by atoms with Crippen LogP contribution in [0, 0.1) is 0 Å². The van der Waals surface area contributed by atoms with E-state index in [0.29, 0.717) is 52.7 Å². The van der Waals surface area contributed by atoms with Gasteiger partial charge < -0.3 is 24.1 Å². The van der Waals surface area contributed by atoms with Gasteiger partial charge in [0, 0.05) is 31.3 Å². The molecule has 0 fully saturated rings. The van der Waals surface area contributed by atoms with Gasteiger partial charge in [-0.1, -0.05) is 13.2 Å². The third kappa shape index (κ3) is 20.3. The van der Waals surface area contributed by atoms with Crippen molar-refractivity contribution in [3.63, 3.8) is 0 Å². The lowest BCUT2D eigenvalue weighted by Crippen LogP contribution is -2.07. The fourth-order valence-corrected chi connectivity index (χ4v) is 1.07. The summed E-state index contributed by atoms with van der Waals surface area (Å²) in [5.74, 6) is -1.37. The number of aliphatic carboxylic acids is 1. The standard InChI is InChI=1S/C9H16O4.C7H12O3/c1-3-12-6-7-13-5-4-8(2)9(10)11;1-3-7(8)10-6-5-9-4-2/h2-7H2,1H3,(H,10,11);3H,1,4-6H2,2H3. The van der Waals surface area contributed by atoms with Crippen molar-refractivity contribution in [1.29, 1.82) is 0 Å². The molecule has 134 valence electrons. The van der Waals surface area contributed by atoms with E-state index in [1.54, 1.807) is 0 Å². The van der Waals surface area contributed by atoms with Crippen molar-refractivity contribution >= 4 is 11.9 Å². The van der Waals surface area contributed by atoms with Crippen LogP contribution >= 0.6 is 0 Å². The van der Waals surface area contributed by atoms with Crippen LogP contribution < -0.4 is 0 Å². The highest BCUT2D eigenvalue weighted by Crippen LogP contribution is 1.97. The van der Waals surface area contributed by atoms with Crippen LogP contribution in [0.4, 0.5) is 0 Å². The molecule has 0 aliphatic heterocycles. The lowest BCUT2D eigenvalue weighted by molar-refractivity contribution is -0.139. The first-order valence-electron chi connectivity index (χ1n) is 7.42. The van der Waals surface area contributed by atoms with Gasteiger partial charge in [-0.05, 0) is 13.8 Å². The number of ether oxygens (including phenoxy) is 4. The van der Waals surface area contributed by atoms with E-state index in [0.717, 1.165) is 6.08 Å². The van der Waals surface area contributed by atoms with Gasteiger partial charge in [0.2, 0.25) is 0 Å².